The van der Waals surface area contributed by atoms with Crippen molar-refractivity contribution in [1.82, 2.24) is 40.6 Å². The summed E-state index contributed by atoms with van der Waals surface area (Å²) in [6.07, 6.45) is 5.37. The molecule has 2 aliphatic heterocycles. The van der Waals surface area contributed by atoms with Gasteiger partial charge in [0.25, 0.3) is 23.6 Å². The number of ether oxygens (including phenoxy) is 5. The number of likely N-dealkylation sites (N-methyl/N-ethyl adjacent to an activating group) is 1. The molecule has 3 atom stereocenters. The maximum absolute atomic E-state index is 14.6. The number of allylic oxidation sites excluding steroid dienone is 3. The van der Waals surface area contributed by atoms with Crippen LogP contribution >= 0.6 is 11.6 Å². The number of rotatable bonds is 31. The lowest BCUT2D eigenvalue weighted by molar-refractivity contribution is -0.137. The predicted octanol–water partition coefficient (Wildman–Crippen LogP) is 5.75. The number of hydrogen-bond donors (Lipinski definition) is 9. The molecular formula is C65H77ClN12O17. The van der Waals surface area contributed by atoms with Crippen LogP contribution in [0.1, 0.15) is 72.6 Å². The Morgan fingerprint density at radius 3 is 2.32 bits per heavy atom. The number of benzene rings is 3. The van der Waals surface area contributed by atoms with Gasteiger partial charge in [0.2, 0.25) is 11.8 Å². The first-order valence-electron chi connectivity index (χ1n) is 30.8. The first-order valence-corrected chi connectivity index (χ1v) is 31.3. The third-order valence-corrected chi connectivity index (χ3v) is 16.1. The number of hydrogen-bond acceptors (Lipinski definition) is 18. The van der Waals surface area contributed by atoms with Crippen LogP contribution in [0.4, 0.5) is 36.4 Å². The van der Waals surface area contributed by atoms with Crippen LogP contribution in [0.5, 0.6) is 5.75 Å². The van der Waals surface area contributed by atoms with Crippen LogP contribution in [-0.2, 0) is 49.5 Å². The number of alkyl halides is 1. The average molecular weight is 1330 g/mol. The van der Waals surface area contributed by atoms with Gasteiger partial charge in [0, 0.05) is 98.2 Å². The van der Waals surface area contributed by atoms with E-state index in [1.165, 1.54) is 29.1 Å². The number of nitrogens with two attached hydrogens (primary N) is 1. The summed E-state index contributed by atoms with van der Waals surface area (Å²) in [5, 5.41) is 34.3. The van der Waals surface area contributed by atoms with E-state index in [0.29, 0.717) is 51.6 Å². The number of aromatic amines is 1. The van der Waals surface area contributed by atoms with E-state index in [0.717, 1.165) is 33.6 Å². The normalized spacial score (nSPS) is 14.8. The molecule has 0 unspecified atom stereocenters. The van der Waals surface area contributed by atoms with Gasteiger partial charge in [-0.2, -0.15) is 0 Å². The number of aliphatic hydroxyl groups excluding tert-OH is 2. The molecule has 5 aromatic rings. The van der Waals surface area contributed by atoms with Crippen molar-refractivity contribution < 1.29 is 81.8 Å². The van der Waals surface area contributed by atoms with Gasteiger partial charge in [-0.25, -0.2) is 24.2 Å². The third-order valence-electron chi connectivity index (χ3n) is 15.7. The number of aryl methyl sites for hydroxylation is 1. The Morgan fingerprint density at radius 2 is 1.61 bits per heavy atom. The number of carbonyl (C=O) groups excluding carboxylic acids is 10. The van der Waals surface area contributed by atoms with E-state index in [-0.39, 0.29) is 139 Å². The first-order chi connectivity index (χ1) is 45.6. The molecule has 3 aromatic carbocycles. The standard InChI is InChI=1S/C65H77ClN12O17/c1-38(2)57(74-63(88)93-30-29-92-27-24-77-53(81)18-19-54(77)82)60(85)72-47(9-6-20-68-62(67)87)59(84)70-44-14-10-40(11-15-44)37-94-64(89)75(4)21-22-76(23-26-91-28-25-79)65(90)95-51-33-50-56(55-39(3)7-5-8-46(51)55)43(34-66)36-78(50)61(86)48-31-42-32-52(69-35-49(42)71-48)73-58(83)41-12-16-45(80)17-13-41/h5,7-8,10-12,14-16,18-19,31-33,35,38,43,47,57,71,79-80H,6,9,13,17,20-30,34,36-37H2,1-4H3,(H,70,84)(H,72,85)(H,74,88)(H3,67,68,87)(H,69,73,83)/t43-,47+,57+/m1/s1. The quantitative estimate of drug-likeness (QED) is 0.0145. The lowest BCUT2D eigenvalue weighted by Crippen LogP contribution is -2.54. The van der Waals surface area contributed by atoms with Crippen LogP contribution in [0.3, 0.4) is 0 Å². The molecule has 0 saturated carbocycles. The highest BCUT2D eigenvalue weighted by Crippen LogP contribution is 2.47. The Hall–Kier alpha value is -10.1. The Balaban J connectivity index is 0.867. The van der Waals surface area contributed by atoms with Gasteiger partial charge in [0.05, 0.1) is 62.7 Å². The molecule has 95 heavy (non-hydrogen) atoms. The number of fused-ring (bicyclic) bond motifs is 4. The molecule has 0 bridgehead atoms. The van der Waals surface area contributed by atoms with Crippen LogP contribution in [0.2, 0.25) is 0 Å². The molecule has 506 valence electrons. The van der Waals surface area contributed by atoms with Crippen molar-refractivity contribution in [2.75, 3.05) is 107 Å². The Morgan fingerprint density at radius 1 is 0.853 bits per heavy atom. The van der Waals surface area contributed by atoms with Gasteiger partial charge in [0.15, 0.2) is 0 Å². The highest BCUT2D eigenvalue weighted by Gasteiger charge is 2.37. The molecule has 1 aliphatic carbocycles. The Labute approximate surface area is 551 Å². The summed E-state index contributed by atoms with van der Waals surface area (Å²) < 4.78 is 27.9. The van der Waals surface area contributed by atoms with Crippen LogP contribution in [0.25, 0.3) is 21.7 Å². The molecule has 4 heterocycles. The number of alkyl carbamates (subject to hydrolysis) is 1. The van der Waals surface area contributed by atoms with Gasteiger partial charge < -0.3 is 85.9 Å². The van der Waals surface area contributed by atoms with Gasteiger partial charge in [-0.15, -0.1) is 11.6 Å². The van der Waals surface area contributed by atoms with Gasteiger partial charge in [0.1, 0.15) is 42.6 Å². The minimum atomic E-state index is -1.16. The van der Waals surface area contributed by atoms with E-state index in [1.807, 2.05) is 25.1 Å². The molecule has 0 spiro atoms. The molecule has 8 rings (SSSR count). The fourth-order valence-corrected chi connectivity index (χ4v) is 10.9. The van der Waals surface area contributed by atoms with Gasteiger partial charge in [-0.05, 0) is 84.5 Å². The lowest BCUT2D eigenvalue weighted by Gasteiger charge is -2.26. The summed E-state index contributed by atoms with van der Waals surface area (Å²) in [5.74, 6) is -2.99. The number of anilines is 3. The second-order valence-corrected chi connectivity index (χ2v) is 23.1. The zero-order valence-corrected chi connectivity index (χ0v) is 53.7. The van der Waals surface area contributed by atoms with E-state index in [2.05, 4.69) is 36.6 Å². The molecular weight excluding hydrogens is 1260 g/mol. The number of nitrogens with zero attached hydrogens (tertiary/aromatic N) is 5. The molecule has 11 amide bonds. The van der Waals surface area contributed by atoms with Crippen LogP contribution in [0.15, 0.2) is 102 Å². The van der Waals surface area contributed by atoms with Crippen molar-refractivity contribution in [2.45, 2.75) is 71.1 Å². The van der Waals surface area contributed by atoms with Crippen molar-refractivity contribution in [1.29, 1.82) is 0 Å². The summed E-state index contributed by atoms with van der Waals surface area (Å²) in [6, 6.07) is 13.8. The number of halogens is 1. The van der Waals surface area contributed by atoms with Crippen molar-refractivity contribution in [2.24, 2.45) is 11.7 Å². The Bertz CT molecular complexity index is 3760. The Kier molecular flexibility index (Phi) is 25.1. The molecule has 3 aliphatic rings. The van der Waals surface area contributed by atoms with E-state index in [9.17, 15) is 58.2 Å². The van der Waals surface area contributed by atoms with Gasteiger partial charge in [-0.3, -0.25) is 33.7 Å². The fourth-order valence-electron chi connectivity index (χ4n) is 10.6. The highest BCUT2D eigenvalue weighted by atomic mass is 35.5. The SMILES string of the molecule is Cc1cccc2c(OC(=O)N(CCOCCO)CCN(C)C(=O)OCc3ccc(NC(=O)[C@H](CCCNC(N)=O)NC(=O)[C@@H](NC(=O)OCCOCCN4C(=O)C=CC4=O)C(C)C)cc3)cc3c(c12)[C@H](CCl)CN3C(=O)c1cc2cc(NC(=O)C3=CC=C(O)CC3)ncc2[nH]1. The number of aliphatic hydroxyl groups is 2. The summed E-state index contributed by atoms with van der Waals surface area (Å²) in [7, 11) is 1.49. The minimum Gasteiger partial charge on any atom is -0.512 e. The smallest absolute Gasteiger partial charge is 0.415 e. The number of pyridine rings is 1. The molecule has 10 N–H and O–H groups in total. The van der Waals surface area contributed by atoms with Gasteiger partial charge in [-0.1, -0.05) is 50.3 Å². The lowest BCUT2D eigenvalue weighted by atomic mass is 9.92. The molecule has 29 nitrogen and oxygen atoms in total. The van der Waals surface area contributed by atoms with Crippen LogP contribution < -0.4 is 42.0 Å². The molecule has 0 fully saturated rings. The number of urea groups is 1. The van der Waals surface area contributed by atoms with E-state index < -0.39 is 71.8 Å². The van der Waals surface area contributed by atoms with Crippen molar-refractivity contribution >= 4 is 110 Å². The fraction of sp³-hybridized carbons (Fsp3) is 0.400. The summed E-state index contributed by atoms with van der Waals surface area (Å²) >= 11 is 6.65. The second kappa shape index (κ2) is 33.7. The largest absolute Gasteiger partial charge is 0.512 e. The number of aromatic nitrogens is 2. The molecule has 30 heteroatoms. The highest BCUT2D eigenvalue weighted by molar-refractivity contribution is 6.20. The van der Waals surface area contributed by atoms with Crippen molar-refractivity contribution in [3.63, 3.8) is 0 Å². The van der Waals surface area contributed by atoms with E-state index in [4.69, 9.17) is 41.0 Å². The average Bonchev–Trinajstić information content (AvgIpc) is 1.45. The summed E-state index contributed by atoms with van der Waals surface area (Å²) in [6.45, 7) is 4.77. The van der Waals surface area contributed by atoms with Gasteiger partial charge >= 0.3 is 24.3 Å². The van der Waals surface area contributed by atoms with E-state index >= 15 is 0 Å². The van der Waals surface area contributed by atoms with Crippen LogP contribution in [0, 0.1) is 12.8 Å². The topological polar surface area (TPSA) is 385 Å². The maximum Gasteiger partial charge on any atom is 0.415 e. The van der Waals surface area contributed by atoms with Crippen LogP contribution in [-0.4, -0.2) is 199 Å². The predicted molar refractivity (Wildman–Crippen MR) is 349 cm³/mol. The number of primary amides is 1. The zero-order valence-electron chi connectivity index (χ0n) is 52.9. The van der Waals surface area contributed by atoms with E-state index in [1.54, 1.807) is 67.3 Å². The van der Waals surface area contributed by atoms with Crippen molar-refractivity contribution in [3.05, 3.63) is 125 Å². The number of carbonyl (C=O) groups is 10. The number of amides is 11. The summed E-state index contributed by atoms with van der Waals surface area (Å²) in [4.78, 5) is 143. The summed E-state index contributed by atoms with van der Waals surface area (Å²) in [5.41, 5.74) is 9.46. The molecule has 2 aromatic heterocycles. The number of H-pyrrole nitrogens is 1. The minimum absolute atomic E-state index is 0.00274. The monoisotopic (exact) mass is 1330 g/mol. The third kappa shape index (κ3) is 19.0. The maximum atomic E-state index is 14.6. The molecule has 0 saturated heterocycles. The second-order valence-electron chi connectivity index (χ2n) is 22.8. The number of nitrogens with one attached hydrogen (secondary N) is 6. The zero-order chi connectivity index (χ0) is 68.3. The number of imide groups is 1. The van der Waals surface area contributed by atoms with Crippen molar-refractivity contribution in [3.8, 4) is 5.75 Å². The molecule has 0 radical (unpaired) electrons. The first kappa shape index (κ1) is 70.8.